The van der Waals surface area contributed by atoms with E-state index in [1.54, 1.807) is 24.4 Å². The van der Waals surface area contributed by atoms with Gasteiger partial charge in [-0.1, -0.05) is 47.5 Å². The highest BCUT2D eigenvalue weighted by Gasteiger charge is 2.19. The Labute approximate surface area is 170 Å². The summed E-state index contributed by atoms with van der Waals surface area (Å²) in [5.74, 6) is -0.530. The van der Waals surface area contributed by atoms with Crippen LogP contribution in [0.3, 0.4) is 0 Å². The molecule has 0 aliphatic carbocycles. The fourth-order valence-electron chi connectivity index (χ4n) is 2.46. The largest absolute Gasteiger partial charge is 0.298 e. The van der Waals surface area contributed by atoms with Gasteiger partial charge >= 0.3 is 0 Å². The molecule has 0 saturated heterocycles. The smallest absolute Gasteiger partial charge is 0.258 e. The Morgan fingerprint density at radius 2 is 1.89 bits per heavy atom. The van der Waals surface area contributed by atoms with Crippen molar-refractivity contribution in [2.75, 3.05) is 11.6 Å². The second-order valence-electron chi connectivity index (χ2n) is 5.74. The van der Waals surface area contributed by atoms with E-state index in [-0.39, 0.29) is 10.5 Å². The summed E-state index contributed by atoms with van der Waals surface area (Å²) in [6.07, 6.45) is 3.22. The van der Waals surface area contributed by atoms with Crippen molar-refractivity contribution in [1.82, 2.24) is 4.98 Å². The number of hydrogen-bond donors (Lipinski definition) is 1. The average molecular weight is 441 g/mol. The molecular weight excluding hydrogens is 427 g/mol. The lowest BCUT2D eigenvalue weighted by Crippen LogP contribution is -2.15. The van der Waals surface area contributed by atoms with Crippen LogP contribution >= 0.6 is 34.5 Å². The molecule has 3 rings (SSSR count). The number of nitrogens with zero attached hydrogens (tertiary/aromatic N) is 1. The number of amides is 1. The molecule has 27 heavy (non-hydrogen) atoms. The molecule has 1 N–H and O–H groups in total. The van der Waals surface area contributed by atoms with Crippen LogP contribution in [0.5, 0.6) is 0 Å². The van der Waals surface area contributed by atoms with E-state index in [9.17, 15) is 13.2 Å². The first-order chi connectivity index (χ1) is 12.8. The summed E-state index contributed by atoms with van der Waals surface area (Å²) in [6.45, 7) is 0. The fourth-order valence-corrected chi connectivity index (χ4v) is 4.57. The van der Waals surface area contributed by atoms with Gasteiger partial charge in [-0.3, -0.25) is 10.1 Å². The average Bonchev–Trinajstić information content (AvgIpc) is 3.05. The number of nitrogens with one attached hydrogen (secondary N) is 1. The number of anilines is 1. The number of aromatic nitrogens is 1. The van der Waals surface area contributed by atoms with Gasteiger partial charge in [-0.15, -0.1) is 11.3 Å². The monoisotopic (exact) mass is 440 g/mol. The highest BCUT2D eigenvalue weighted by molar-refractivity contribution is 7.90. The van der Waals surface area contributed by atoms with Crippen molar-refractivity contribution in [2.45, 2.75) is 11.3 Å². The molecule has 0 radical (unpaired) electrons. The van der Waals surface area contributed by atoms with Crippen molar-refractivity contribution in [3.8, 4) is 0 Å². The lowest BCUT2D eigenvalue weighted by molar-refractivity contribution is 0.102. The molecule has 0 unspecified atom stereocenters. The predicted molar refractivity (Wildman–Crippen MR) is 109 cm³/mol. The molecule has 2 aromatic carbocycles. The van der Waals surface area contributed by atoms with Crippen molar-refractivity contribution in [1.29, 1.82) is 0 Å². The molecule has 0 aliphatic heterocycles. The van der Waals surface area contributed by atoms with E-state index < -0.39 is 15.7 Å². The molecule has 140 valence electrons. The van der Waals surface area contributed by atoms with Crippen molar-refractivity contribution in [2.24, 2.45) is 0 Å². The Balaban J connectivity index is 1.79. The van der Waals surface area contributed by atoms with Crippen LogP contribution in [0.1, 0.15) is 20.8 Å². The van der Waals surface area contributed by atoms with Gasteiger partial charge in [-0.05, 0) is 23.8 Å². The molecule has 5 nitrogen and oxygen atoms in total. The molecule has 9 heteroatoms. The molecule has 0 saturated carbocycles. The Morgan fingerprint density at radius 3 is 2.63 bits per heavy atom. The van der Waals surface area contributed by atoms with E-state index in [0.29, 0.717) is 21.6 Å². The molecule has 0 spiro atoms. The molecule has 0 aliphatic rings. The maximum atomic E-state index is 12.5. The van der Waals surface area contributed by atoms with Gasteiger partial charge in [-0.2, -0.15) is 0 Å². The minimum atomic E-state index is -3.52. The summed E-state index contributed by atoms with van der Waals surface area (Å²) in [4.78, 5) is 17.5. The van der Waals surface area contributed by atoms with Gasteiger partial charge in [0.2, 0.25) is 0 Å². The van der Waals surface area contributed by atoms with Crippen LogP contribution in [0.15, 0.2) is 53.6 Å². The Hall–Kier alpha value is -1.93. The van der Waals surface area contributed by atoms with Gasteiger partial charge in [0, 0.05) is 23.8 Å². The number of rotatable bonds is 5. The number of halogens is 2. The van der Waals surface area contributed by atoms with Crippen LogP contribution in [-0.2, 0) is 16.3 Å². The summed E-state index contributed by atoms with van der Waals surface area (Å²) >= 11 is 13.5. The van der Waals surface area contributed by atoms with Crippen LogP contribution in [0.2, 0.25) is 10.0 Å². The van der Waals surface area contributed by atoms with Crippen LogP contribution in [0, 0.1) is 0 Å². The molecule has 1 heterocycles. The summed E-state index contributed by atoms with van der Waals surface area (Å²) in [6, 6.07) is 11.4. The van der Waals surface area contributed by atoms with Crippen molar-refractivity contribution in [3.05, 3.63) is 74.7 Å². The highest BCUT2D eigenvalue weighted by Crippen LogP contribution is 2.29. The molecule has 0 bridgehead atoms. The number of hydrogen-bond acceptors (Lipinski definition) is 5. The van der Waals surface area contributed by atoms with Crippen LogP contribution in [0.4, 0.5) is 5.13 Å². The Kier molecular flexibility index (Phi) is 5.86. The summed E-state index contributed by atoms with van der Waals surface area (Å²) in [5.41, 5.74) is 0.933. The van der Waals surface area contributed by atoms with E-state index in [1.165, 1.54) is 23.5 Å². The number of sulfone groups is 1. The van der Waals surface area contributed by atoms with Gasteiger partial charge in [-0.25, -0.2) is 13.4 Å². The third-order valence-corrected chi connectivity index (χ3v) is 6.63. The molecular formula is C18H14Cl2N2O3S2. The van der Waals surface area contributed by atoms with Crippen LogP contribution in [-0.4, -0.2) is 25.6 Å². The first-order valence-corrected chi connectivity index (χ1v) is 11.2. The maximum Gasteiger partial charge on any atom is 0.258 e. The van der Waals surface area contributed by atoms with E-state index in [0.717, 1.165) is 16.7 Å². The zero-order chi connectivity index (χ0) is 19.6. The molecule has 0 fully saturated rings. The Bertz CT molecular complexity index is 1110. The normalized spacial score (nSPS) is 11.4. The molecule has 0 atom stereocenters. The second kappa shape index (κ2) is 7.98. The minimum Gasteiger partial charge on any atom is -0.298 e. The Morgan fingerprint density at radius 1 is 1.15 bits per heavy atom. The summed E-state index contributed by atoms with van der Waals surface area (Å²) < 4.78 is 23.7. The summed E-state index contributed by atoms with van der Waals surface area (Å²) in [5, 5.41) is 3.98. The molecule has 1 aromatic heterocycles. The van der Waals surface area contributed by atoms with Gasteiger partial charge in [0.05, 0.1) is 20.5 Å². The molecule has 3 aromatic rings. The van der Waals surface area contributed by atoms with E-state index in [1.807, 2.05) is 12.1 Å². The quantitative estimate of drug-likeness (QED) is 0.623. The number of thiazole rings is 1. The lowest BCUT2D eigenvalue weighted by Gasteiger charge is -2.07. The summed E-state index contributed by atoms with van der Waals surface area (Å²) in [7, 11) is -3.52. The van der Waals surface area contributed by atoms with Crippen LogP contribution in [0.25, 0.3) is 0 Å². The van der Waals surface area contributed by atoms with Gasteiger partial charge < -0.3 is 0 Å². The highest BCUT2D eigenvalue weighted by atomic mass is 35.5. The minimum absolute atomic E-state index is 0.0232. The predicted octanol–water partition coefficient (Wildman–Crippen LogP) is 4.70. The zero-order valence-electron chi connectivity index (χ0n) is 14.1. The topological polar surface area (TPSA) is 76.1 Å². The lowest BCUT2D eigenvalue weighted by atomic mass is 10.1. The van der Waals surface area contributed by atoms with Crippen LogP contribution < -0.4 is 5.32 Å². The maximum absolute atomic E-state index is 12.5. The molecule has 1 amide bonds. The fraction of sp³-hybridized carbons (Fsp3) is 0.111. The SMILES string of the molecule is CS(=O)(=O)c1ccccc1C(=O)Nc1ncc(Cc2cccc(Cl)c2Cl)s1. The second-order valence-corrected chi connectivity index (χ2v) is 9.63. The van der Waals surface area contributed by atoms with Crippen molar-refractivity contribution in [3.63, 3.8) is 0 Å². The van der Waals surface area contributed by atoms with Crippen molar-refractivity contribution < 1.29 is 13.2 Å². The third-order valence-electron chi connectivity index (χ3n) is 3.70. The zero-order valence-corrected chi connectivity index (χ0v) is 17.2. The van der Waals surface area contributed by atoms with Gasteiger partial charge in [0.25, 0.3) is 5.91 Å². The first-order valence-electron chi connectivity index (χ1n) is 7.73. The number of carbonyl (C=O) groups is 1. The number of benzene rings is 2. The van der Waals surface area contributed by atoms with Crippen molar-refractivity contribution >= 4 is 55.4 Å². The van der Waals surface area contributed by atoms with E-state index >= 15 is 0 Å². The third kappa shape index (κ3) is 4.68. The number of carbonyl (C=O) groups excluding carboxylic acids is 1. The standard InChI is InChI=1S/C18H14Cl2N2O3S2/c1-27(24,25)15-8-3-2-6-13(15)17(23)22-18-21-10-12(26-18)9-11-5-4-7-14(19)16(11)20/h2-8,10H,9H2,1H3,(H,21,22,23). The first kappa shape index (κ1) is 19.8. The van der Waals surface area contributed by atoms with E-state index in [4.69, 9.17) is 23.2 Å². The van der Waals surface area contributed by atoms with E-state index in [2.05, 4.69) is 10.3 Å². The van der Waals surface area contributed by atoms with Gasteiger partial charge in [0.1, 0.15) is 0 Å². The van der Waals surface area contributed by atoms with Gasteiger partial charge in [0.15, 0.2) is 15.0 Å².